The molecule has 0 radical (unpaired) electrons. The zero-order valence-electron chi connectivity index (χ0n) is 9.98. The van der Waals surface area contributed by atoms with Gasteiger partial charge in [0, 0.05) is 25.9 Å². The molecule has 1 unspecified atom stereocenters. The van der Waals surface area contributed by atoms with Crippen molar-refractivity contribution in [3.8, 4) is 0 Å². The van der Waals surface area contributed by atoms with E-state index in [-0.39, 0.29) is 6.04 Å². The van der Waals surface area contributed by atoms with Crippen LogP contribution in [0.3, 0.4) is 0 Å². The van der Waals surface area contributed by atoms with E-state index < -0.39 is 13.0 Å². The maximum Gasteiger partial charge on any atom is 0.261 e. The normalized spacial score (nSPS) is 13.2. The van der Waals surface area contributed by atoms with E-state index in [9.17, 15) is 8.78 Å². The van der Waals surface area contributed by atoms with Crippen LogP contribution >= 0.6 is 0 Å². The Kier molecular flexibility index (Phi) is 6.07. The number of alkyl halides is 2. The van der Waals surface area contributed by atoms with Gasteiger partial charge in [-0.25, -0.2) is 8.78 Å². The quantitative estimate of drug-likeness (QED) is 0.705. The Bertz CT molecular complexity index is 317. The Morgan fingerprint density at radius 2 is 2.24 bits per heavy atom. The third-order valence-corrected chi connectivity index (χ3v) is 2.44. The molecule has 0 aliphatic heterocycles. The number of aromatic nitrogens is 2. The molecular formula is C11H19F2N3O. The maximum absolute atomic E-state index is 11.8. The Morgan fingerprint density at radius 1 is 1.47 bits per heavy atom. The number of nitrogens with zero attached hydrogens (tertiary/aromatic N) is 2. The van der Waals surface area contributed by atoms with Crippen LogP contribution in [0.25, 0.3) is 0 Å². The molecule has 0 saturated carbocycles. The first-order valence-corrected chi connectivity index (χ1v) is 5.67. The lowest BCUT2D eigenvalue weighted by Gasteiger charge is -2.10. The highest BCUT2D eigenvalue weighted by atomic mass is 19.3. The standard InChI is InChI=1S/C11H19F2N3O/c1-16-7-9(6-15-16)2-3-10(14)4-5-17-8-11(12)13/h6-7,10-11H,2-5,8,14H2,1H3. The summed E-state index contributed by atoms with van der Waals surface area (Å²) in [6.45, 7) is -0.214. The summed E-state index contributed by atoms with van der Waals surface area (Å²) in [5, 5.41) is 4.06. The van der Waals surface area contributed by atoms with E-state index in [1.54, 1.807) is 10.9 Å². The predicted octanol–water partition coefficient (Wildman–Crippen LogP) is 1.35. The van der Waals surface area contributed by atoms with E-state index in [2.05, 4.69) is 5.10 Å². The number of hydrogen-bond acceptors (Lipinski definition) is 3. The molecule has 0 bridgehead atoms. The Morgan fingerprint density at radius 3 is 2.82 bits per heavy atom. The van der Waals surface area contributed by atoms with Crippen molar-refractivity contribution in [1.29, 1.82) is 0 Å². The van der Waals surface area contributed by atoms with Crippen LogP contribution in [0.1, 0.15) is 18.4 Å². The van der Waals surface area contributed by atoms with Gasteiger partial charge in [0.15, 0.2) is 0 Å². The lowest BCUT2D eigenvalue weighted by atomic mass is 10.1. The first-order valence-electron chi connectivity index (χ1n) is 5.67. The van der Waals surface area contributed by atoms with Gasteiger partial charge < -0.3 is 10.5 Å². The minimum absolute atomic E-state index is 0.0205. The van der Waals surface area contributed by atoms with Crippen molar-refractivity contribution < 1.29 is 13.5 Å². The Labute approximate surface area is 99.7 Å². The fourth-order valence-corrected chi connectivity index (χ4v) is 1.50. The van der Waals surface area contributed by atoms with Gasteiger partial charge in [-0.05, 0) is 24.8 Å². The molecule has 0 saturated heterocycles. The van der Waals surface area contributed by atoms with E-state index in [4.69, 9.17) is 10.5 Å². The van der Waals surface area contributed by atoms with Gasteiger partial charge in [0.05, 0.1) is 6.20 Å². The molecule has 1 heterocycles. The first kappa shape index (κ1) is 14.1. The van der Waals surface area contributed by atoms with Gasteiger partial charge in [-0.15, -0.1) is 0 Å². The van der Waals surface area contributed by atoms with Crippen LogP contribution in [0.5, 0.6) is 0 Å². The van der Waals surface area contributed by atoms with Crippen molar-refractivity contribution in [2.75, 3.05) is 13.2 Å². The van der Waals surface area contributed by atoms with Gasteiger partial charge in [0.2, 0.25) is 0 Å². The number of hydrogen-bond donors (Lipinski definition) is 1. The average molecular weight is 247 g/mol. The summed E-state index contributed by atoms with van der Waals surface area (Å²) in [5.74, 6) is 0. The van der Waals surface area contributed by atoms with Crippen LogP contribution < -0.4 is 5.73 Å². The molecule has 2 N–H and O–H groups in total. The summed E-state index contributed by atoms with van der Waals surface area (Å²) >= 11 is 0. The summed E-state index contributed by atoms with van der Waals surface area (Å²) in [6, 6.07) is -0.0205. The second-order valence-corrected chi connectivity index (χ2v) is 4.08. The van der Waals surface area contributed by atoms with Gasteiger partial charge in [0.1, 0.15) is 6.61 Å². The average Bonchev–Trinajstić information content (AvgIpc) is 2.67. The summed E-state index contributed by atoms with van der Waals surface area (Å²) in [6.07, 6.45) is 3.61. The smallest absolute Gasteiger partial charge is 0.261 e. The molecule has 6 heteroatoms. The number of aryl methyl sites for hydroxylation is 2. The highest BCUT2D eigenvalue weighted by molar-refractivity contribution is 5.03. The fraction of sp³-hybridized carbons (Fsp3) is 0.727. The van der Waals surface area contributed by atoms with E-state index in [0.717, 1.165) is 18.4 Å². The molecular weight excluding hydrogens is 228 g/mol. The SMILES string of the molecule is Cn1cc(CCC(N)CCOCC(F)F)cn1. The fourth-order valence-electron chi connectivity index (χ4n) is 1.50. The molecule has 1 atom stereocenters. The molecule has 1 rings (SSSR count). The van der Waals surface area contributed by atoms with Crippen molar-refractivity contribution in [3.63, 3.8) is 0 Å². The zero-order chi connectivity index (χ0) is 12.7. The highest BCUT2D eigenvalue weighted by Crippen LogP contribution is 2.05. The molecule has 0 aliphatic carbocycles. The number of ether oxygens (including phenoxy) is 1. The lowest BCUT2D eigenvalue weighted by Crippen LogP contribution is -2.23. The third kappa shape index (κ3) is 6.33. The van der Waals surface area contributed by atoms with Crippen molar-refractivity contribution >= 4 is 0 Å². The van der Waals surface area contributed by atoms with Crippen LogP contribution in [0.2, 0.25) is 0 Å². The third-order valence-electron chi connectivity index (χ3n) is 2.44. The van der Waals surface area contributed by atoms with E-state index in [0.29, 0.717) is 13.0 Å². The first-order chi connectivity index (χ1) is 8.08. The summed E-state index contributed by atoms with van der Waals surface area (Å²) in [5.41, 5.74) is 6.99. The molecule has 98 valence electrons. The van der Waals surface area contributed by atoms with E-state index >= 15 is 0 Å². The topological polar surface area (TPSA) is 53.1 Å². The van der Waals surface area contributed by atoms with Crippen LogP contribution in [0.4, 0.5) is 8.78 Å². The molecule has 17 heavy (non-hydrogen) atoms. The van der Waals surface area contributed by atoms with Crippen LogP contribution in [0.15, 0.2) is 12.4 Å². The summed E-state index contributed by atoms with van der Waals surface area (Å²) in [7, 11) is 1.86. The van der Waals surface area contributed by atoms with Gasteiger partial charge in [-0.3, -0.25) is 4.68 Å². The molecule has 4 nitrogen and oxygen atoms in total. The summed E-state index contributed by atoms with van der Waals surface area (Å²) in [4.78, 5) is 0. The van der Waals surface area contributed by atoms with Crippen molar-refractivity contribution in [3.05, 3.63) is 18.0 Å². The maximum atomic E-state index is 11.8. The molecule has 1 aromatic heterocycles. The number of nitrogens with two attached hydrogens (primary N) is 1. The molecule has 0 fully saturated rings. The second kappa shape index (κ2) is 7.34. The van der Waals surface area contributed by atoms with Crippen molar-refractivity contribution in [2.24, 2.45) is 12.8 Å². The Balaban J connectivity index is 2.07. The molecule has 0 aliphatic rings. The van der Waals surface area contributed by atoms with Gasteiger partial charge in [-0.1, -0.05) is 0 Å². The molecule has 0 amide bonds. The second-order valence-electron chi connectivity index (χ2n) is 4.08. The van der Waals surface area contributed by atoms with Crippen molar-refractivity contribution in [2.45, 2.75) is 31.7 Å². The zero-order valence-corrected chi connectivity index (χ0v) is 9.98. The Hall–Kier alpha value is -1.01. The van der Waals surface area contributed by atoms with E-state index in [1.807, 2.05) is 13.2 Å². The van der Waals surface area contributed by atoms with Gasteiger partial charge in [0.25, 0.3) is 6.43 Å². The molecule has 1 aromatic rings. The van der Waals surface area contributed by atoms with Gasteiger partial charge >= 0.3 is 0 Å². The van der Waals surface area contributed by atoms with Crippen LogP contribution in [-0.2, 0) is 18.2 Å². The van der Waals surface area contributed by atoms with Crippen molar-refractivity contribution in [1.82, 2.24) is 9.78 Å². The number of rotatable bonds is 8. The van der Waals surface area contributed by atoms with Crippen LogP contribution in [-0.4, -0.2) is 35.5 Å². The summed E-state index contributed by atoms with van der Waals surface area (Å²) < 4.78 is 30.0. The monoisotopic (exact) mass is 247 g/mol. The lowest BCUT2D eigenvalue weighted by molar-refractivity contribution is 0.0151. The highest BCUT2D eigenvalue weighted by Gasteiger charge is 2.06. The number of halogens is 2. The largest absolute Gasteiger partial charge is 0.375 e. The van der Waals surface area contributed by atoms with E-state index in [1.165, 1.54) is 0 Å². The van der Waals surface area contributed by atoms with Crippen LogP contribution in [0, 0.1) is 0 Å². The predicted molar refractivity (Wildman–Crippen MR) is 60.9 cm³/mol. The minimum atomic E-state index is -2.40. The molecule has 0 spiro atoms. The minimum Gasteiger partial charge on any atom is -0.375 e. The molecule has 0 aromatic carbocycles. The van der Waals surface area contributed by atoms with Gasteiger partial charge in [-0.2, -0.15) is 5.10 Å².